The van der Waals surface area contributed by atoms with Crippen LogP contribution >= 0.6 is 0 Å². The van der Waals surface area contributed by atoms with Gasteiger partial charge in [-0.25, -0.2) is 0 Å². The molecule has 1 rings (SSSR count). The van der Waals surface area contributed by atoms with Crippen LogP contribution in [0.2, 0.25) is 0 Å². The van der Waals surface area contributed by atoms with Crippen molar-refractivity contribution in [3.63, 3.8) is 0 Å². The van der Waals surface area contributed by atoms with Gasteiger partial charge in [-0.1, -0.05) is 117 Å². The quantitative estimate of drug-likeness (QED) is 0.228. The Kier molecular flexibility index (Phi) is 13.8. The number of unbranched alkanes of at least 4 members (excludes halogenated alkanes) is 15. The van der Waals surface area contributed by atoms with Gasteiger partial charge in [0.15, 0.2) is 0 Å². The van der Waals surface area contributed by atoms with Crippen LogP contribution in [0.4, 0.5) is 0 Å². The lowest BCUT2D eigenvalue weighted by Gasteiger charge is -2.48. The van der Waals surface area contributed by atoms with Crippen molar-refractivity contribution in [2.24, 2.45) is 5.41 Å². The summed E-state index contributed by atoms with van der Waals surface area (Å²) in [7, 11) is 0. The molecule has 1 saturated heterocycles. The van der Waals surface area contributed by atoms with Crippen LogP contribution in [0, 0.1) is 5.41 Å². The monoisotopic (exact) mass is 380 g/mol. The summed E-state index contributed by atoms with van der Waals surface area (Å²) in [5, 5.41) is 0. The van der Waals surface area contributed by atoms with E-state index in [1.807, 2.05) is 0 Å². The fourth-order valence-electron chi connectivity index (χ4n) is 4.75. The van der Waals surface area contributed by atoms with Gasteiger partial charge in [0.1, 0.15) is 0 Å². The van der Waals surface area contributed by atoms with Gasteiger partial charge in [-0.3, -0.25) is 0 Å². The lowest BCUT2D eigenvalue weighted by atomic mass is 9.67. The molecule has 1 aliphatic heterocycles. The van der Waals surface area contributed by atoms with Crippen molar-refractivity contribution in [1.82, 2.24) is 0 Å². The maximum absolute atomic E-state index is 6.06. The van der Waals surface area contributed by atoms with Gasteiger partial charge >= 0.3 is 0 Å². The third-order valence-electron chi connectivity index (χ3n) is 7.37. The smallest absolute Gasteiger partial charge is 0.0679 e. The summed E-state index contributed by atoms with van der Waals surface area (Å²) >= 11 is 0. The van der Waals surface area contributed by atoms with Gasteiger partial charge in [0.2, 0.25) is 0 Å². The molecule has 0 aromatic heterocycles. The molecule has 1 heterocycles. The van der Waals surface area contributed by atoms with Crippen molar-refractivity contribution < 1.29 is 4.74 Å². The van der Waals surface area contributed by atoms with Gasteiger partial charge in [-0.05, 0) is 38.5 Å². The van der Waals surface area contributed by atoms with E-state index < -0.39 is 0 Å². The molecule has 0 saturated carbocycles. The van der Waals surface area contributed by atoms with E-state index in [2.05, 4.69) is 27.7 Å². The molecule has 0 radical (unpaired) electrons. The van der Waals surface area contributed by atoms with Gasteiger partial charge in [-0.15, -0.1) is 0 Å². The third kappa shape index (κ3) is 10.9. The first-order chi connectivity index (χ1) is 13.0. The van der Waals surface area contributed by atoms with Gasteiger partial charge in [0.25, 0.3) is 0 Å². The zero-order chi connectivity index (χ0) is 19.8. The molecule has 1 aliphatic rings. The average Bonchev–Trinajstić information content (AvgIpc) is 2.64. The van der Waals surface area contributed by atoms with E-state index in [-0.39, 0.29) is 5.60 Å². The minimum Gasteiger partial charge on any atom is -0.375 e. The van der Waals surface area contributed by atoms with E-state index in [1.54, 1.807) is 0 Å². The Bertz CT molecular complexity index is 335. The number of hydrogen-bond acceptors (Lipinski definition) is 1. The molecule has 27 heavy (non-hydrogen) atoms. The summed E-state index contributed by atoms with van der Waals surface area (Å²) in [6, 6.07) is 0. The molecule has 0 aromatic carbocycles. The summed E-state index contributed by atoms with van der Waals surface area (Å²) in [5.74, 6) is 0. The zero-order valence-electron chi connectivity index (χ0n) is 19.6. The Balaban J connectivity index is 1.83. The van der Waals surface area contributed by atoms with Crippen LogP contribution in [0.3, 0.4) is 0 Å². The van der Waals surface area contributed by atoms with Crippen LogP contribution in [0.25, 0.3) is 0 Å². The van der Waals surface area contributed by atoms with Crippen molar-refractivity contribution in [2.45, 2.75) is 155 Å². The highest BCUT2D eigenvalue weighted by Gasteiger charge is 2.43. The summed E-state index contributed by atoms with van der Waals surface area (Å²) in [5.41, 5.74) is 0.460. The van der Waals surface area contributed by atoms with Crippen LogP contribution in [0.15, 0.2) is 0 Å². The minimum atomic E-state index is 0.0702. The summed E-state index contributed by atoms with van der Waals surface area (Å²) < 4.78 is 6.06. The highest BCUT2D eigenvalue weighted by Crippen LogP contribution is 2.45. The fraction of sp³-hybridized carbons (Fsp3) is 1.00. The highest BCUT2D eigenvalue weighted by molar-refractivity contribution is 4.93. The molecule has 0 N–H and O–H groups in total. The zero-order valence-corrected chi connectivity index (χ0v) is 19.6. The van der Waals surface area contributed by atoms with Crippen molar-refractivity contribution in [3.05, 3.63) is 0 Å². The van der Waals surface area contributed by atoms with Crippen molar-refractivity contribution >= 4 is 0 Å². The Morgan fingerprint density at radius 2 is 1.00 bits per heavy atom. The van der Waals surface area contributed by atoms with Crippen LogP contribution in [-0.2, 0) is 4.74 Å². The molecule has 1 heteroatoms. The standard InChI is InChI=1S/C26H52O/c1-5-6-7-8-9-10-11-12-13-14-15-16-17-18-19-20-22-26(4)23-21-24-27-25(26,2)3/h5-24H2,1-4H3. The summed E-state index contributed by atoms with van der Waals surface area (Å²) in [6.07, 6.45) is 27.2. The van der Waals surface area contributed by atoms with Crippen molar-refractivity contribution in [1.29, 1.82) is 0 Å². The van der Waals surface area contributed by atoms with E-state index in [4.69, 9.17) is 4.74 Å². The maximum atomic E-state index is 6.06. The average molecular weight is 381 g/mol. The van der Waals surface area contributed by atoms with Crippen molar-refractivity contribution in [3.8, 4) is 0 Å². The molecule has 0 aliphatic carbocycles. The molecule has 0 amide bonds. The Labute approximate surface area is 172 Å². The van der Waals surface area contributed by atoms with E-state index >= 15 is 0 Å². The van der Waals surface area contributed by atoms with E-state index in [1.165, 1.54) is 122 Å². The summed E-state index contributed by atoms with van der Waals surface area (Å²) in [4.78, 5) is 0. The second kappa shape index (κ2) is 14.9. The van der Waals surface area contributed by atoms with Gasteiger partial charge in [-0.2, -0.15) is 0 Å². The van der Waals surface area contributed by atoms with Crippen LogP contribution in [0.1, 0.15) is 150 Å². The highest BCUT2D eigenvalue weighted by atomic mass is 16.5. The van der Waals surface area contributed by atoms with Gasteiger partial charge in [0.05, 0.1) is 5.60 Å². The summed E-state index contributed by atoms with van der Waals surface area (Å²) in [6.45, 7) is 10.3. The minimum absolute atomic E-state index is 0.0702. The molecular formula is C26H52O. The molecule has 1 fully saturated rings. The number of rotatable bonds is 17. The van der Waals surface area contributed by atoms with Gasteiger partial charge < -0.3 is 4.74 Å². The van der Waals surface area contributed by atoms with E-state index in [0.29, 0.717) is 5.41 Å². The first-order valence-electron chi connectivity index (χ1n) is 12.7. The number of ether oxygens (including phenoxy) is 1. The Morgan fingerprint density at radius 3 is 1.41 bits per heavy atom. The second-order valence-electron chi connectivity index (χ2n) is 10.1. The predicted octanol–water partition coefficient (Wildman–Crippen LogP) is 9.23. The first kappa shape index (κ1) is 25.0. The fourth-order valence-corrected chi connectivity index (χ4v) is 4.75. The molecule has 1 unspecified atom stereocenters. The molecular weight excluding hydrogens is 328 g/mol. The lowest BCUT2D eigenvalue weighted by molar-refractivity contribution is -0.145. The molecule has 1 nitrogen and oxygen atoms in total. The molecule has 1 atom stereocenters. The lowest BCUT2D eigenvalue weighted by Crippen LogP contribution is -2.47. The third-order valence-corrected chi connectivity index (χ3v) is 7.37. The van der Waals surface area contributed by atoms with Crippen LogP contribution in [-0.4, -0.2) is 12.2 Å². The van der Waals surface area contributed by atoms with Crippen molar-refractivity contribution in [2.75, 3.05) is 6.61 Å². The topological polar surface area (TPSA) is 9.23 Å². The molecule has 0 bridgehead atoms. The maximum Gasteiger partial charge on any atom is 0.0679 e. The Hall–Kier alpha value is -0.0400. The normalized spacial score (nSPS) is 22.2. The largest absolute Gasteiger partial charge is 0.375 e. The number of hydrogen-bond donors (Lipinski definition) is 0. The SMILES string of the molecule is CCCCCCCCCCCCCCCCCCC1(C)CCCOC1(C)C. The first-order valence-corrected chi connectivity index (χ1v) is 12.7. The predicted molar refractivity (Wildman–Crippen MR) is 122 cm³/mol. The van der Waals surface area contributed by atoms with Gasteiger partial charge in [0, 0.05) is 6.61 Å². The molecule has 0 aromatic rings. The van der Waals surface area contributed by atoms with Crippen LogP contribution < -0.4 is 0 Å². The van der Waals surface area contributed by atoms with Crippen LogP contribution in [0.5, 0.6) is 0 Å². The van der Waals surface area contributed by atoms with E-state index in [0.717, 1.165) is 6.61 Å². The molecule has 162 valence electrons. The second-order valence-corrected chi connectivity index (χ2v) is 10.1. The van der Waals surface area contributed by atoms with E-state index in [9.17, 15) is 0 Å². The molecule has 0 spiro atoms. The Morgan fingerprint density at radius 1 is 0.593 bits per heavy atom.